The molecule has 4 N–H and O–H groups in total. The molecule has 0 aliphatic heterocycles. The van der Waals surface area contributed by atoms with Crippen molar-refractivity contribution in [1.29, 1.82) is 0 Å². The Kier molecular flexibility index (Phi) is 5.44. The van der Waals surface area contributed by atoms with Crippen LogP contribution in [0.2, 0.25) is 0 Å². The fourth-order valence-corrected chi connectivity index (χ4v) is 4.16. The number of hydrogen-bond donors (Lipinski definition) is 3. The lowest BCUT2D eigenvalue weighted by atomic mass is 9.96. The van der Waals surface area contributed by atoms with E-state index < -0.39 is 0 Å². The predicted octanol–water partition coefficient (Wildman–Crippen LogP) is 5.00. The summed E-state index contributed by atoms with van der Waals surface area (Å²) in [6.45, 7) is 5.55. The summed E-state index contributed by atoms with van der Waals surface area (Å²) in [4.78, 5) is 17.3. The molecule has 0 saturated carbocycles. The highest BCUT2D eigenvalue weighted by Gasteiger charge is 2.10. The van der Waals surface area contributed by atoms with E-state index in [0.29, 0.717) is 18.9 Å². The van der Waals surface area contributed by atoms with Crippen molar-refractivity contribution in [2.75, 3.05) is 16.4 Å². The summed E-state index contributed by atoms with van der Waals surface area (Å²) >= 11 is 0. The third-order valence-electron chi connectivity index (χ3n) is 5.97. The van der Waals surface area contributed by atoms with Crippen molar-refractivity contribution in [2.24, 2.45) is 0 Å². The number of benzene rings is 2. The molecule has 5 rings (SSSR count). The van der Waals surface area contributed by atoms with Gasteiger partial charge in [0.1, 0.15) is 23.8 Å². The van der Waals surface area contributed by atoms with E-state index in [2.05, 4.69) is 68.7 Å². The molecule has 164 valence electrons. The molecule has 3 aromatic heterocycles. The average molecular weight is 436 g/mol. The maximum absolute atomic E-state index is 6.07. The summed E-state index contributed by atoms with van der Waals surface area (Å²) in [5.74, 6) is 2.10. The van der Waals surface area contributed by atoms with E-state index in [9.17, 15) is 0 Å². The first-order valence-electron chi connectivity index (χ1n) is 10.9. The van der Waals surface area contributed by atoms with Crippen LogP contribution in [-0.4, -0.2) is 19.9 Å². The van der Waals surface area contributed by atoms with Gasteiger partial charge in [-0.25, -0.2) is 15.0 Å². The Balaban J connectivity index is 1.29. The maximum atomic E-state index is 6.07. The highest BCUT2D eigenvalue weighted by atomic mass is 15.1. The molecule has 0 aliphatic rings. The summed E-state index contributed by atoms with van der Waals surface area (Å²) in [7, 11) is 0. The molecule has 0 amide bonds. The Bertz CT molecular complexity index is 1460. The minimum atomic E-state index is 0.562. The zero-order chi connectivity index (χ0) is 22.8. The van der Waals surface area contributed by atoms with E-state index in [4.69, 9.17) is 5.73 Å². The lowest BCUT2D eigenvalue weighted by Gasteiger charge is -2.15. The van der Waals surface area contributed by atoms with Crippen LogP contribution in [-0.2, 0) is 13.1 Å². The molecule has 7 nitrogen and oxygen atoms in total. The molecule has 0 atom stereocenters. The summed E-state index contributed by atoms with van der Waals surface area (Å²) < 4.78 is 0. The minimum absolute atomic E-state index is 0.562. The Morgan fingerprint density at radius 2 is 1.61 bits per heavy atom. The minimum Gasteiger partial charge on any atom is -0.383 e. The lowest BCUT2D eigenvalue weighted by molar-refractivity contribution is 1.04. The second kappa shape index (κ2) is 8.70. The first-order chi connectivity index (χ1) is 16.1. The van der Waals surface area contributed by atoms with Crippen molar-refractivity contribution < 1.29 is 0 Å². The van der Waals surface area contributed by atoms with E-state index >= 15 is 0 Å². The van der Waals surface area contributed by atoms with Gasteiger partial charge in [-0.3, -0.25) is 4.98 Å². The molecule has 0 radical (unpaired) electrons. The van der Waals surface area contributed by atoms with Crippen LogP contribution in [0.4, 0.5) is 17.5 Å². The molecular formula is C26H25N7. The molecule has 0 fully saturated rings. The van der Waals surface area contributed by atoms with Gasteiger partial charge in [-0.1, -0.05) is 12.1 Å². The van der Waals surface area contributed by atoms with Gasteiger partial charge >= 0.3 is 0 Å². The van der Waals surface area contributed by atoms with Gasteiger partial charge < -0.3 is 16.4 Å². The lowest BCUT2D eigenvalue weighted by Crippen LogP contribution is -2.07. The number of hydrogen-bond acceptors (Lipinski definition) is 7. The zero-order valence-corrected chi connectivity index (χ0v) is 18.6. The van der Waals surface area contributed by atoms with Crippen molar-refractivity contribution in [3.8, 4) is 0 Å². The quantitative estimate of drug-likeness (QED) is 0.345. The third kappa shape index (κ3) is 4.25. The van der Waals surface area contributed by atoms with Gasteiger partial charge in [0.25, 0.3) is 0 Å². The van der Waals surface area contributed by atoms with E-state index in [1.165, 1.54) is 22.3 Å². The Hall–Kier alpha value is -4.26. The van der Waals surface area contributed by atoms with E-state index in [1.807, 2.05) is 30.5 Å². The standard InChI is InChI=1S/C26H25N7/c1-16-10-21-20(7-9-29-26(21)27)17(2)22(16)14-31-25-12-24(32-15-33-25)30-13-18-5-6-23-19(11-18)4-3-8-28-23/h3-12,15H,13-14H2,1-2H3,(H2,27,29)(H2,30,31,32,33). The fourth-order valence-electron chi connectivity index (χ4n) is 4.16. The van der Waals surface area contributed by atoms with Crippen LogP contribution in [0.3, 0.4) is 0 Å². The molecule has 7 heteroatoms. The average Bonchev–Trinajstić information content (AvgIpc) is 2.83. The van der Waals surface area contributed by atoms with Crippen molar-refractivity contribution in [1.82, 2.24) is 19.9 Å². The second-order valence-electron chi connectivity index (χ2n) is 8.11. The van der Waals surface area contributed by atoms with Crippen LogP contribution >= 0.6 is 0 Å². The van der Waals surface area contributed by atoms with E-state index in [-0.39, 0.29) is 0 Å². The normalized spacial score (nSPS) is 11.1. The van der Waals surface area contributed by atoms with Crippen molar-refractivity contribution in [2.45, 2.75) is 26.9 Å². The van der Waals surface area contributed by atoms with Crippen LogP contribution in [0, 0.1) is 13.8 Å². The largest absolute Gasteiger partial charge is 0.383 e. The number of rotatable bonds is 6. The fraction of sp³-hybridized carbons (Fsp3) is 0.154. The van der Waals surface area contributed by atoms with Gasteiger partial charge in [0.2, 0.25) is 0 Å². The number of nitrogens with two attached hydrogens (primary N) is 1. The monoisotopic (exact) mass is 435 g/mol. The summed E-state index contributed by atoms with van der Waals surface area (Å²) in [5.41, 5.74) is 11.8. The summed E-state index contributed by atoms with van der Waals surface area (Å²) in [5, 5.41) is 10.1. The van der Waals surface area contributed by atoms with E-state index in [1.54, 1.807) is 12.5 Å². The molecule has 5 aromatic rings. The van der Waals surface area contributed by atoms with Crippen LogP contribution in [0.25, 0.3) is 21.7 Å². The van der Waals surface area contributed by atoms with Crippen molar-refractivity contribution >= 4 is 39.1 Å². The van der Waals surface area contributed by atoms with Gasteiger partial charge in [-0.2, -0.15) is 0 Å². The van der Waals surface area contributed by atoms with Crippen molar-refractivity contribution in [3.63, 3.8) is 0 Å². The SMILES string of the molecule is Cc1cc2c(N)nccc2c(C)c1CNc1cc(NCc2ccc3ncccc3c2)ncn1. The van der Waals surface area contributed by atoms with Crippen molar-refractivity contribution in [3.05, 3.63) is 89.5 Å². The summed E-state index contributed by atoms with van der Waals surface area (Å²) in [6, 6.07) is 16.3. The number of nitrogens with one attached hydrogen (secondary N) is 2. The van der Waals surface area contributed by atoms with Gasteiger partial charge in [-0.15, -0.1) is 0 Å². The number of nitrogen functional groups attached to an aromatic ring is 1. The maximum Gasteiger partial charge on any atom is 0.131 e. The molecule has 0 unspecified atom stereocenters. The Morgan fingerprint density at radius 3 is 2.45 bits per heavy atom. The van der Waals surface area contributed by atoms with Crippen LogP contribution in [0.15, 0.2) is 67.3 Å². The Labute approximate surface area is 192 Å². The predicted molar refractivity (Wildman–Crippen MR) is 134 cm³/mol. The van der Waals surface area contributed by atoms with E-state index in [0.717, 1.165) is 33.3 Å². The smallest absolute Gasteiger partial charge is 0.131 e. The zero-order valence-electron chi connectivity index (χ0n) is 18.6. The molecular weight excluding hydrogens is 410 g/mol. The third-order valence-corrected chi connectivity index (χ3v) is 5.97. The van der Waals surface area contributed by atoms with Crippen LogP contribution in [0.5, 0.6) is 0 Å². The molecule has 33 heavy (non-hydrogen) atoms. The molecule has 0 saturated heterocycles. The van der Waals surface area contributed by atoms with Gasteiger partial charge in [-0.05, 0) is 71.8 Å². The van der Waals surface area contributed by atoms with Gasteiger partial charge in [0.05, 0.1) is 5.52 Å². The first-order valence-corrected chi connectivity index (χ1v) is 10.9. The van der Waals surface area contributed by atoms with Crippen LogP contribution in [0.1, 0.15) is 22.3 Å². The second-order valence-corrected chi connectivity index (χ2v) is 8.11. The molecule has 0 bridgehead atoms. The molecule has 2 aromatic carbocycles. The number of aromatic nitrogens is 4. The molecule has 0 aliphatic carbocycles. The van der Waals surface area contributed by atoms with Gasteiger partial charge in [0, 0.05) is 42.3 Å². The number of pyridine rings is 2. The highest BCUT2D eigenvalue weighted by molar-refractivity contribution is 5.94. The first kappa shape index (κ1) is 20.6. The Morgan fingerprint density at radius 1 is 0.788 bits per heavy atom. The molecule has 3 heterocycles. The summed E-state index contributed by atoms with van der Waals surface area (Å²) in [6.07, 6.45) is 5.14. The highest BCUT2D eigenvalue weighted by Crippen LogP contribution is 2.28. The van der Waals surface area contributed by atoms with Gasteiger partial charge in [0.15, 0.2) is 0 Å². The topological polar surface area (TPSA) is 102 Å². The number of fused-ring (bicyclic) bond motifs is 2. The number of aryl methyl sites for hydroxylation is 2. The molecule has 0 spiro atoms. The number of nitrogens with zero attached hydrogens (tertiary/aromatic N) is 4. The number of anilines is 3. The van der Waals surface area contributed by atoms with Crippen LogP contribution < -0.4 is 16.4 Å².